The van der Waals surface area contributed by atoms with Crippen LogP contribution in [0.2, 0.25) is 0 Å². The minimum absolute atomic E-state index is 0.117. The van der Waals surface area contributed by atoms with Crippen molar-refractivity contribution in [3.63, 3.8) is 0 Å². The normalized spacial score (nSPS) is 10.7. The largest absolute Gasteiger partial charge is 0.433 e. The minimum atomic E-state index is -0.619. The van der Waals surface area contributed by atoms with Crippen LogP contribution >= 0.6 is 15.9 Å². The second-order valence-corrected chi connectivity index (χ2v) is 5.09. The number of furan rings is 1. The molecule has 2 aromatic heterocycles. The first-order valence-corrected chi connectivity index (χ1v) is 6.61. The number of nitrogen functional groups attached to an aromatic ring is 1. The summed E-state index contributed by atoms with van der Waals surface area (Å²) in [7, 11) is 0. The van der Waals surface area contributed by atoms with Crippen molar-refractivity contribution in [2.75, 3.05) is 5.73 Å². The summed E-state index contributed by atoms with van der Waals surface area (Å²) in [6.45, 7) is 0. The molecule has 1 aromatic carbocycles. The fourth-order valence-corrected chi connectivity index (χ4v) is 2.18. The Morgan fingerprint density at radius 3 is 2.52 bits per heavy atom. The molecular weight excluding hydrogens is 342 g/mol. The van der Waals surface area contributed by atoms with Crippen LogP contribution in [0.15, 0.2) is 49.8 Å². The minimum Gasteiger partial charge on any atom is -0.399 e. The Morgan fingerprint density at radius 2 is 1.90 bits per heavy atom. The molecule has 0 saturated heterocycles. The molecule has 0 aliphatic carbocycles. The molecule has 3 aromatic rings. The van der Waals surface area contributed by atoms with Crippen LogP contribution in [0.3, 0.4) is 0 Å². The van der Waals surface area contributed by atoms with Crippen LogP contribution in [0.25, 0.3) is 22.6 Å². The molecule has 0 fully saturated rings. The van der Waals surface area contributed by atoms with Crippen LogP contribution in [-0.2, 0) is 0 Å². The van der Waals surface area contributed by atoms with E-state index in [2.05, 4.69) is 21.1 Å². The lowest BCUT2D eigenvalue weighted by atomic mass is 10.0. The van der Waals surface area contributed by atoms with Crippen LogP contribution < -0.4 is 5.73 Å². The van der Waals surface area contributed by atoms with E-state index < -0.39 is 4.92 Å². The summed E-state index contributed by atoms with van der Waals surface area (Å²) in [5, 5.41) is 14.5. The molecule has 0 spiro atoms. The van der Waals surface area contributed by atoms with Crippen molar-refractivity contribution < 1.29 is 13.9 Å². The van der Waals surface area contributed by atoms with Crippen molar-refractivity contribution in [2.45, 2.75) is 0 Å². The standard InChI is InChI=1S/C13H8BrN3O4/c14-8-3-1-7(2-4-8)11-12(16-21-13(11)15)9-5-6-10(20-9)17(18)19/h1-6H,15H2. The average molecular weight is 350 g/mol. The van der Waals surface area contributed by atoms with Crippen LogP contribution in [0, 0.1) is 10.1 Å². The first-order valence-electron chi connectivity index (χ1n) is 5.82. The third-order valence-electron chi connectivity index (χ3n) is 2.86. The van der Waals surface area contributed by atoms with Crippen molar-refractivity contribution in [2.24, 2.45) is 0 Å². The highest BCUT2D eigenvalue weighted by Crippen LogP contribution is 2.38. The number of benzene rings is 1. The van der Waals surface area contributed by atoms with Gasteiger partial charge in [0.2, 0.25) is 5.88 Å². The maximum atomic E-state index is 10.7. The molecule has 106 valence electrons. The number of halogens is 1. The molecule has 0 aliphatic rings. The molecule has 0 bridgehead atoms. The lowest BCUT2D eigenvalue weighted by Crippen LogP contribution is -1.87. The fourth-order valence-electron chi connectivity index (χ4n) is 1.92. The number of nitrogens with zero attached hydrogens (tertiary/aromatic N) is 2. The Kier molecular flexibility index (Phi) is 3.22. The molecule has 3 rings (SSSR count). The van der Waals surface area contributed by atoms with Gasteiger partial charge in [-0.05, 0) is 23.8 Å². The molecule has 21 heavy (non-hydrogen) atoms. The molecule has 2 N–H and O–H groups in total. The van der Waals surface area contributed by atoms with Gasteiger partial charge in [-0.25, -0.2) is 0 Å². The molecule has 0 atom stereocenters. The van der Waals surface area contributed by atoms with Gasteiger partial charge < -0.3 is 14.7 Å². The van der Waals surface area contributed by atoms with Crippen molar-refractivity contribution in [1.82, 2.24) is 5.16 Å². The molecule has 2 heterocycles. The molecule has 8 heteroatoms. The summed E-state index contributed by atoms with van der Waals surface area (Å²) in [5.41, 5.74) is 7.42. The highest BCUT2D eigenvalue weighted by atomic mass is 79.9. The average Bonchev–Trinajstić information content (AvgIpc) is 3.06. The van der Waals surface area contributed by atoms with Gasteiger partial charge >= 0.3 is 5.88 Å². The van der Waals surface area contributed by atoms with E-state index in [0.717, 1.165) is 10.0 Å². The first-order chi connectivity index (χ1) is 10.1. The van der Waals surface area contributed by atoms with Crippen LogP contribution in [0.1, 0.15) is 0 Å². The highest BCUT2D eigenvalue weighted by molar-refractivity contribution is 9.10. The molecule has 7 nitrogen and oxygen atoms in total. The lowest BCUT2D eigenvalue weighted by molar-refractivity contribution is -0.401. The smallest absolute Gasteiger partial charge is 0.399 e. The van der Waals surface area contributed by atoms with Gasteiger partial charge in [-0.1, -0.05) is 33.2 Å². The van der Waals surface area contributed by atoms with Crippen molar-refractivity contribution in [3.8, 4) is 22.6 Å². The van der Waals surface area contributed by atoms with E-state index in [-0.39, 0.29) is 17.5 Å². The van der Waals surface area contributed by atoms with Gasteiger partial charge in [0.05, 0.1) is 11.6 Å². The zero-order chi connectivity index (χ0) is 15.0. The molecule has 0 saturated carbocycles. The molecule has 0 aliphatic heterocycles. The third kappa shape index (κ3) is 2.40. The lowest BCUT2D eigenvalue weighted by Gasteiger charge is -2.00. The first kappa shape index (κ1) is 13.4. The van der Waals surface area contributed by atoms with E-state index in [0.29, 0.717) is 11.3 Å². The van der Waals surface area contributed by atoms with E-state index in [9.17, 15) is 10.1 Å². The van der Waals surface area contributed by atoms with E-state index in [4.69, 9.17) is 14.7 Å². The Morgan fingerprint density at radius 1 is 1.19 bits per heavy atom. The number of aromatic nitrogens is 1. The van der Waals surface area contributed by atoms with Gasteiger partial charge in [-0.15, -0.1) is 0 Å². The summed E-state index contributed by atoms with van der Waals surface area (Å²) < 4.78 is 11.0. The van der Waals surface area contributed by atoms with Crippen LogP contribution in [-0.4, -0.2) is 10.1 Å². The summed E-state index contributed by atoms with van der Waals surface area (Å²) in [6, 6.07) is 10.1. The Balaban J connectivity index is 2.11. The zero-order valence-corrected chi connectivity index (χ0v) is 12.0. The molecular formula is C13H8BrN3O4. The quantitative estimate of drug-likeness (QED) is 0.568. The van der Waals surface area contributed by atoms with Gasteiger partial charge in [-0.3, -0.25) is 10.1 Å². The number of anilines is 1. The predicted octanol–water partition coefficient (Wildman–Crippen LogP) is 3.85. The monoisotopic (exact) mass is 349 g/mol. The summed E-state index contributed by atoms with van der Waals surface area (Å²) in [5.74, 6) is -0.0280. The summed E-state index contributed by atoms with van der Waals surface area (Å²) in [4.78, 5) is 10.1. The Labute approximate surface area is 126 Å². The Hall–Kier alpha value is -2.61. The van der Waals surface area contributed by atoms with Gasteiger partial charge in [-0.2, -0.15) is 0 Å². The van der Waals surface area contributed by atoms with Crippen LogP contribution in [0.5, 0.6) is 0 Å². The SMILES string of the molecule is Nc1onc(-c2ccc([N+](=O)[O-])o2)c1-c1ccc(Br)cc1. The number of rotatable bonds is 3. The van der Waals surface area contributed by atoms with E-state index in [1.807, 2.05) is 24.3 Å². The predicted molar refractivity (Wildman–Crippen MR) is 78.4 cm³/mol. The molecule has 0 amide bonds. The van der Waals surface area contributed by atoms with Gasteiger partial charge in [0.1, 0.15) is 4.92 Å². The van der Waals surface area contributed by atoms with E-state index in [1.54, 1.807) is 0 Å². The molecule has 0 unspecified atom stereocenters. The van der Waals surface area contributed by atoms with Crippen LogP contribution in [0.4, 0.5) is 11.8 Å². The second-order valence-electron chi connectivity index (χ2n) is 4.17. The van der Waals surface area contributed by atoms with E-state index in [1.165, 1.54) is 12.1 Å². The second kappa shape index (κ2) is 5.06. The van der Waals surface area contributed by atoms with Crippen molar-refractivity contribution in [1.29, 1.82) is 0 Å². The Bertz CT molecular complexity index is 807. The number of hydrogen-bond acceptors (Lipinski definition) is 6. The van der Waals surface area contributed by atoms with Gasteiger partial charge in [0.25, 0.3) is 0 Å². The fraction of sp³-hybridized carbons (Fsp3) is 0. The number of nitro groups is 1. The summed E-state index contributed by atoms with van der Waals surface area (Å²) in [6.07, 6.45) is 0. The maximum absolute atomic E-state index is 10.7. The van der Waals surface area contributed by atoms with E-state index >= 15 is 0 Å². The van der Waals surface area contributed by atoms with Gasteiger partial charge in [0, 0.05) is 4.47 Å². The summed E-state index contributed by atoms with van der Waals surface area (Å²) >= 11 is 3.35. The topological polar surface area (TPSA) is 108 Å². The zero-order valence-electron chi connectivity index (χ0n) is 10.4. The van der Waals surface area contributed by atoms with Crippen molar-refractivity contribution >= 4 is 27.7 Å². The maximum Gasteiger partial charge on any atom is 0.433 e. The molecule has 0 radical (unpaired) electrons. The third-order valence-corrected chi connectivity index (χ3v) is 3.39. The van der Waals surface area contributed by atoms with Crippen molar-refractivity contribution in [3.05, 3.63) is 51.0 Å². The number of hydrogen-bond donors (Lipinski definition) is 1. The number of nitrogens with two attached hydrogens (primary N) is 1. The highest BCUT2D eigenvalue weighted by Gasteiger charge is 2.22. The van der Waals surface area contributed by atoms with Gasteiger partial charge in [0.15, 0.2) is 11.5 Å².